The molecule has 0 aromatic carbocycles. The van der Waals surface area contributed by atoms with Gasteiger partial charge in [0.15, 0.2) is 6.23 Å². The standard InChI is InChI=1S/C24H46N4O7Si2/c1-13(2)21(30)26-23-25-12-28(24(31)27-23)22-19(29)20-18(33-22)11-32-36(14(3)4,15(5)6)35-37(34-20,16(7)8)17(9)10/h13-20,22,29H,11-12H2,1-10H3,(H2,25,26,27,30,31)/t18-,19-,20-,22-/m1/s1. The van der Waals surface area contributed by atoms with Gasteiger partial charge in [0.2, 0.25) is 11.9 Å². The molecular formula is C24H46N4O7Si2. The number of carbonyl (C=O) groups is 2. The SMILES string of the molecule is CC(C)C(=O)NC1=NCN([C@@H]2O[C@@H]3CO[Si](C(C)C)(C(C)C)O[Si](C(C)C)(C(C)C)O[C@H]3[C@H]2O)C(=O)N1. The summed E-state index contributed by atoms with van der Waals surface area (Å²) in [5.74, 6) is -0.422. The Morgan fingerprint density at radius 2 is 1.59 bits per heavy atom. The van der Waals surface area contributed by atoms with E-state index in [1.165, 1.54) is 4.90 Å². The van der Waals surface area contributed by atoms with Gasteiger partial charge < -0.3 is 22.8 Å². The Labute approximate surface area is 223 Å². The summed E-state index contributed by atoms with van der Waals surface area (Å²) in [5.41, 5.74) is 0.558. The average molecular weight is 559 g/mol. The molecule has 13 heteroatoms. The molecule has 11 nitrogen and oxygen atoms in total. The van der Waals surface area contributed by atoms with Crippen LogP contribution in [0.15, 0.2) is 4.99 Å². The Kier molecular flexibility index (Phi) is 9.30. The van der Waals surface area contributed by atoms with Crippen LogP contribution in [0, 0.1) is 5.92 Å². The minimum atomic E-state index is -2.94. The molecule has 37 heavy (non-hydrogen) atoms. The Bertz CT molecular complexity index is 867. The topological polar surface area (TPSA) is 131 Å². The lowest BCUT2D eigenvalue weighted by Gasteiger charge is -2.51. The van der Waals surface area contributed by atoms with E-state index in [0.29, 0.717) is 0 Å². The summed E-state index contributed by atoms with van der Waals surface area (Å²) >= 11 is 0. The summed E-state index contributed by atoms with van der Waals surface area (Å²) in [4.78, 5) is 30.6. The van der Waals surface area contributed by atoms with Gasteiger partial charge >= 0.3 is 23.2 Å². The lowest BCUT2D eigenvalue weighted by Crippen LogP contribution is -2.66. The Morgan fingerprint density at radius 1 is 1.03 bits per heavy atom. The smallest absolute Gasteiger partial charge is 0.335 e. The highest BCUT2D eigenvalue weighted by molar-refractivity contribution is 6.84. The molecule has 0 aromatic heterocycles. The fraction of sp³-hybridized carbons (Fsp3) is 0.875. The first-order valence-corrected chi connectivity index (χ1v) is 17.4. The molecule has 3 rings (SSSR count). The number of guanidine groups is 1. The maximum Gasteiger partial charge on any atom is 0.335 e. The number of carbonyl (C=O) groups excluding carboxylic acids is 2. The lowest BCUT2D eigenvalue weighted by molar-refractivity contribution is -0.122. The van der Waals surface area contributed by atoms with Crippen LogP contribution in [0.2, 0.25) is 22.2 Å². The predicted molar refractivity (Wildman–Crippen MR) is 144 cm³/mol. The highest BCUT2D eigenvalue weighted by Crippen LogP contribution is 2.47. The average Bonchev–Trinajstić information content (AvgIpc) is 3.07. The molecule has 3 aliphatic heterocycles. The number of aliphatic imine (C=N–C) groups is 1. The molecule has 4 atom stereocenters. The van der Waals surface area contributed by atoms with Crippen LogP contribution >= 0.6 is 0 Å². The van der Waals surface area contributed by atoms with Crippen LogP contribution in [0.25, 0.3) is 0 Å². The van der Waals surface area contributed by atoms with E-state index < -0.39 is 47.7 Å². The normalized spacial score (nSPS) is 29.9. The summed E-state index contributed by atoms with van der Waals surface area (Å²) in [7, 11) is -5.69. The predicted octanol–water partition coefficient (Wildman–Crippen LogP) is 3.14. The summed E-state index contributed by atoms with van der Waals surface area (Å²) < 4.78 is 27.0. The van der Waals surface area contributed by atoms with Crippen LogP contribution in [0.3, 0.4) is 0 Å². The number of rotatable bonds is 6. The van der Waals surface area contributed by atoms with Gasteiger partial charge in [-0.15, -0.1) is 0 Å². The number of aliphatic hydroxyl groups excluding tert-OH is 1. The van der Waals surface area contributed by atoms with Crippen molar-refractivity contribution in [3.05, 3.63) is 0 Å². The number of aliphatic hydroxyl groups is 1. The number of ether oxygens (including phenoxy) is 1. The van der Waals surface area contributed by atoms with Crippen molar-refractivity contribution in [3.63, 3.8) is 0 Å². The largest absolute Gasteiger partial charge is 0.414 e. The summed E-state index contributed by atoms with van der Waals surface area (Å²) in [6.07, 6.45) is -3.40. The van der Waals surface area contributed by atoms with Crippen LogP contribution < -0.4 is 10.6 Å². The number of hydrogen-bond acceptors (Lipinski definition) is 8. The molecule has 2 saturated heterocycles. The Balaban J connectivity index is 1.91. The van der Waals surface area contributed by atoms with Gasteiger partial charge in [-0.2, -0.15) is 0 Å². The molecule has 212 valence electrons. The zero-order chi connectivity index (χ0) is 27.9. The van der Waals surface area contributed by atoms with Crippen molar-refractivity contribution in [2.24, 2.45) is 10.9 Å². The van der Waals surface area contributed by atoms with Gasteiger partial charge in [0.05, 0.1) is 6.61 Å². The van der Waals surface area contributed by atoms with E-state index in [2.05, 4.69) is 71.0 Å². The summed E-state index contributed by atoms with van der Waals surface area (Å²) in [5, 5.41) is 16.6. The molecule has 0 bridgehead atoms. The highest BCUT2D eigenvalue weighted by Gasteiger charge is 2.62. The van der Waals surface area contributed by atoms with Gasteiger partial charge in [0, 0.05) is 5.92 Å². The van der Waals surface area contributed by atoms with Gasteiger partial charge in [0.25, 0.3) is 0 Å². The molecule has 2 fully saturated rings. The van der Waals surface area contributed by atoms with Gasteiger partial charge in [0.1, 0.15) is 25.0 Å². The van der Waals surface area contributed by atoms with E-state index in [1.807, 2.05) is 0 Å². The second-order valence-electron chi connectivity index (χ2n) is 11.8. The number of nitrogens with zero attached hydrogens (tertiary/aromatic N) is 2. The number of fused-ring (bicyclic) bond motifs is 1. The minimum Gasteiger partial charge on any atom is -0.414 e. The van der Waals surface area contributed by atoms with E-state index in [9.17, 15) is 14.7 Å². The third kappa shape index (κ3) is 5.68. The number of amides is 3. The van der Waals surface area contributed by atoms with Crippen LogP contribution in [-0.4, -0.2) is 82.8 Å². The van der Waals surface area contributed by atoms with Gasteiger partial charge in [-0.25, -0.2) is 9.79 Å². The van der Waals surface area contributed by atoms with Crippen LogP contribution in [0.4, 0.5) is 4.79 Å². The molecule has 0 saturated carbocycles. The quantitative estimate of drug-likeness (QED) is 0.427. The van der Waals surface area contributed by atoms with E-state index in [1.54, 1.807) is 13.8 Å². The van der Waals surface area contributed by atoms with Crippen molar-refractivity contribution in [3.8, 4) is 0 Å². The summed E-state index contributed by atoms with van der Waals surface area (Å²) in [6.45, 7) is 20.7. The van der Waals surface area contributed by atoms with E-state index in [-0.39, 0.29) is 53.2 Å². The second-order valence-corrected chi connectivity index (χ2v) is 20.7. The fourth-order valence-electron chi connectivity index (χ4n) is 5.35. The van der Waals surface area contributed by atoms with E-state index >= 15 is 0 Å². The van der Waals surface area contributed by atoms with Gasteiger partial charge in [-0.1, -0.05) is 69.2 Å². The van der Waals surface area contributed by atoms with Gasteiger partial charge in [-0.3, -0.25) is 20.3 Å². The Hall–Kier alpha value is -1.36. The molecule has 0 unspecified atom stereocenters. The van der Waals surface area contributed by atoms with Crippen LogP contribution in [-0.2, 0) is 22.5 Å². The zero-order valence-electron chi connectivity index (χ0n) is 23.9. The van der Waals surface area contributed by atoms with E-state index in [0.717, 1.165) is 0 Å². The zero-order valence-corrected chi connectivity index (χ0v) is 25.9. The molecule has 0 aliphatic carbocycles. The maximum atomic E-state index is 13.0. The van der Waals surface area contributed by atoms with Crippen LogP contribution in [0.1, 0.15) is 69.2 Å². The van der Waals surface area contributed by atoms with Crippen molar-refractivity contribution in [1.82, 2.24) is 15.5 Å². The number of urea groups is 1. The first kappa shape index (κ1) is 30.2. The third-order valence-corrected chi connectivity index (χ3v) is 17.8. The molecule has 3 amide bonds. The molecule has 3 N–H and O–H groups in total. The monoisotopic (exact) mass is 558 g/mol. The van der Waals surface area contributed by atoms with Crippen molar-refractivity contribution >= 4 is 35.0 Å². The van der Waals surface area contributed by atoms with Gasteiger partial charge in [-0.05, 0) is 22.2 Å². The van der Waals surface area contributed by atoms with Crippen molar-refractivity contribution in [1.29, 1.82) is 0 Å². The summed E-state index contributed by atoms with van der Waals surface area (Å²) in [6, 6.07) is -0.520. The fourth-order valence-corrected chi connectivity index (χ4v) is 16.6. The van der Waals surface area contributed by atoms with Crippen LogP contribution in [0.5, 0.6) is 0 Å². The first-order valence-electron chi connectivity index (χ1n) is 13.4. The maximum absolute atomic E-state index is 13.0. The van der Waals surface area contributed by atoms with Crippen molar-refractivity contribution in [2.75, 3.05) is 13.3 Å². The molecule has 0 radical (unpaired) electrons. The van der Waals surface area contributed by atoms with Crippen molar-refractivity contribution in [2.45, 2.75) is 116 Å². The van der Waals surface area contributed by atoms with E-state index in [4.69, 9.17) is 17.7 Å². The molecule has 3 heterocycles. The first-order chi connectivity index (χ1) is 17.2. The molecular weight excluding hydrogens is 512 g/mol. The number of hydrogen-bond donors (Lipinski definition) is 3. The van der Waals surface area contributed by atoms with Crippen molar-refractivity contribution < 1.29 is 32.4 Å². The lowest BCUT2D eigenvalue weighted by atomic mass is 10.1. The molecule has 3 aliphatic rings. The highest BCUT2D eigenvalue weighted by atomic mass is 28.5. The molecule has 0 spiro atoms. The minimum absolute atomic E-state index is 0.0777. The number of nitrogens with one attached hydrogen (secondary N) is 2. The molecule has 0 aromatic rings. The second kappa shape index (κ2) is 11.4. The third-order valence-electron chi connectivity index (χ3n) is 7.58. The Morgan fingerprint density at radius 3 is 2.08 bits per heavy atom.